The Morgan fingerprint density at radius 2 is 2.00 bits per heavy atom. The lowest BCUT2D eigenvalue weighted by molar-refractivity contribution is -0.116. The second-order valence-electron chi connectivity index (χ2n) is 6.83. The van der Waals surface area contributed by atoms with Crippen molar-refractivity contribution >= 4 is 46.9 Å². The summed E-state index contributed by atoms with van der Waals surface area (Å²) in [5, 5.41) is 14.6. The van der Waals surface area contributed by atoms with Gasteiger partial charge >= 0.3 is 0 Å². The van der Waals surface area contributed by atoms with E-state index in [0.717, 1.165) is 11.1 Å². The van der Waals surface area contributed by atoms with Gasteiger partial charge in [0.1, 0.15) is 5.82 Å². The third kappa shape index (κ3) is 6.41. The Labute approximate surface area is 194 Å². The van der Waals surface area contributed by atoms with Crippen LogP contribution in [0.2, 0.25) is 5.02 Å². The zero-order valence-corrected chi connectivity index (χ0v) is 19.0. The van der Waals surface area contributed by atoms with E-state index in [1.54, 1.807) is 36.7 Å². The van der Waals surface area contributed by atoms with Crippen LogP contribution >= 0.6 is 23.4 Å². The maximum absolute atomic E-state index is 13.4. The van der Waals surface area contributed by atoms with Crippen LogP contribution in [-0.4, -0.2) is 32.3 Å². The molecule has 10 heteroatoms. The second-order valence-corrected chi connectivity index (χ2v) is 8.18. The van der Waals surface area contributed by atoms with Gasteiger partial charge in [0.05, 0.1) is 12.3 Å². The van der Waals surface area contributed by atoms with Crippen molar-refractivity contribution in [2.45, 2.75) is 18.6 Å². The van der Waals surface area contributed by atoms with Crippen molar-refractivity contribution in [3.05, 3.63) is 76.3 Å². The first-order chi connectivity index (χ1) is 15.3. The van der Waals surface area contributed by atoms with Crippen molar-refractivity contribution in [3.8, 4) is 0 Å². The lowest BCUT2D eigenvalue weighted by Crippen LogP contribution is -2.22. The Kier molecular flexibility index (Phi) is 8.02. The monoisotopic (exact) mass is 473 g/mol. The highest BCUT2D eigenvalue weighted by Gasteiger charge is 2.13. The number of anilines is 1. The summed E-state index contributed by atoms with van der Waals surface area (Å²) < 4.78 is 15.1. The van der Waals surface area contributed by atoms with Crippen LogP contribution in [0.15, 0.2) is 53.7 Å². The van der Waals surface area contributed by atoms with E-state index < -0.39 is 5.82 Å². The van der Waals surface area contributed by atoms with Crippen LogP contribution < -0.4 is 10.6 Å². The molecule has 0 aliphatic carbocycles. The van der Waals surface area contributed by atoms with Crippen LogP contribution in [0.1, 0.15) is 17.0 Å². The SMILES string of the molecule is Cc1ccc(F)cc1NC(=O)CSc1nnc(CNC(=O)/C=C/c2ccccc2Cl)n1C. The average Bonchev–Trinajstić information content (AvgIpc) is 3.12. The van der Waals surface area contributed by atoms with Gasteiger partial charge < -0.3 is 15.2 Å². The molecule has 3 aromatic rings. The fraction of sp³-hybridized carbons (Fsp3) is 0.182. The molecule has 0 atom stereocenters. The van der Waals surface area contributed by atoms with E-state index >= 15 is 0 Å². The van der Waals surface area contributed by atoms with Gasteiger partial charge in [-0.05, 0) is 42.3 Å². The largest absolute Gasteiger partial charge is 0.345 e. The molecular weight excluding hydrogens is 453 g/mol. The molecule has 1 heterocycles. The zero-order valence-electron chi connectivity index (χ0n) is 17.4. The molecule has 0 fully saturated rings. The number of nitrogens with zero attached hydrogens (tertiary/aromatic N) is 3. The summed E-state index contributed by atoms with van der Waals surface area (Å²) >= 11 is 7.25. The highest BCUT2D eigenvalue weighted by Crippen LogP contribution is 2.19. The number of nitrogens with one attached hydrogen (secondary N) is 2. The van der Waals surface area contributed by atoms with Gasteiger partial charge in [0.15, 0.2) is 11.0 Å². The smallest absolute Gasteiger partial charge is 0.244 e. The fourth-order valence-electron chi connectivity index (χ4n) is 2.67. The highest BCUT2D eigenvalue weighted by molar-refractivity contribution is 7.99. The quantitative estimate of drug-likeness (QED) is 0.381. The van der Waals surface area contributed by atoms with E-state index in [9.17, 15) is 14.0 Å². The fourth-order valence-corrected chi connectivity index (χ4v) is 3.60. The third-order valence-corrected chi connectivity index (χ3v) is 5.84. The standard InChI is InChI=1S/C22H21ClFN5O2S/c1-14-7-9-16(24)11-18(14)26-21(31)13-32-22-28-27-19(29(22)2)12-25-20(30)10-8-15-5-3-4-6-17(15)23/h3-11H,12-13H2,1-2H3,(H,25,30)(H,26,31)/b10-8+. The first-order valence-corrected chi connectivity index (χ1v) is 11.0. The van der Waals surface area contributed by atoms with Gasteiger partial charge in [-0.3, -0.25) is 9.59 Å². The van der Waals surface area contributed by atoms with Crippen LogP contribution in [0.25, 0.3) is 6.08 Å². The van der Waals surface area contributed by atoms with Gasteiger partial charge in [0.2, 0.25) is 11.8 Å². The van der Waals surface area contributed by atoms with E-state index in [-0.39, 0.29) is 24.1 Å². The molecule has 32 heavy (non-hydrogen) atoms. The Morgan fingerprint density at radius 3 is 2.78 bits per heavy atom. The summed E-state index contributed by atoms with van der Waals surface area (Å²) in [6, 6.07) is 11.4. The van der Waals surface area contributed by atoms with Gasteiger partial charge in [-0.25, -0.2) is 4.39 Å². The molecular formula is C22H21ClFN5O2S. The zero-order chi connectivity index (χ0) is 23.1. The van der Waals surface area contributed by atoms with Gasteiger partial charge in [-0.1, -0.05) is 47.6 Å². The van der Waals surface area contributed by atoms with Crippen molar-refractivity contribution in [3.63, 3.8) is 0 Å². The highest BCUT2D eigenvalue weighted by atomic mass is 35.5. The number of amides is 2. The van der Waals surface area contributed by atoms with Gasteiger partial charge in [0, 0.05) is 23.8 Å². The predicted octanol–water partition coefficient (Wildman–Crippen LogP) is 3.98. The summed E-state index contributed by atoms with van der Waals surface area (Å²) in [5.41, 5.74) is 1.94. The summed E-state index contributed by atoms with van der Waals surface area (Å²) in [7, 11) is 1.75. The average molecular weight is 474 g/mol. The normalized spacial score (nSPS) is 11.0. The van der Waals surface area contributed by atoms with Crippen LogP contribution in [0.3, 0.4) is 0 Å². The second kappa shape index (κ2) is 10.9. The molecule has 2 aromatic carbocycles. The molecule has 0 bridgehead atoms. The first kappa shape index (κ1) is 23.5. The van der Waals surface area contributed by atoms with E-state index in [1.807, 2.05) is 18.2 Å². The molecule has 3 rings (SSSR count). The van der Waals surface area contributed by atoms with Crippen LogP contribution in [0.4, 0.5) is 10.1 Å². The maximum atomic E-state index is 13.4. The van der Waals surface area contributed by atoms with Crippen molar-refractivity contribution in [2.24, 2.45) is 7.05 Å². The minimum Gasteiger partial charge on any atom is -0.345 e. The van der Waals surface area contributed by atoms with Crippen LogP contribution in [0, 0.1) is 12.7 Å². The Hall–Kier alpha value is -3.17. The molecule has 0 aliphatic heterocycles. The van der Waals surface area contributed by atoms with E-state index in [1.165, 1.54) is 30.0 Å². The molecule has 0 saturated heterocycles. The number of hydrogen-bond donors (Lipinski definition) is 2. The number of aryl methyl sites for hydroxylation is 1. The number of carbonyl (C=O) groups excluding carboxylic acids is 2. The number of benzene rings is 2. The van der Waals surface area contributed by atoms with Gasteiger partial charge in [0.25, 0.3) is 0 Å². The molecule has 0 spiro atoms. The Morgan fingerprint density at radius 1 is 1.22 bits per heavy atom. The molecule has 0 unspecified atom stereocenters. The molecule has 1 aromatic heterocycles. The number of rotatable bonds is 8. The topological polar surface area (TPSA) is 88.9 Å². The van der Waals surface area contributed by atoms with Gasteiger partial charge in [-0.15, -0.1) is 10.2 Å². The number of aromatic nitrogens is 3. The number of hydrogen-bond acceptors (Lipinski definition) is 5. The van der Waals surface area contributed by atoms with Gasteiger partial charge in [-0.2, -0.15) is 0 Å². The maximum Gasteiger partial charge on any atom is 0.244 e. The summed E-state index contributed by atoms with van der Waals surface area (Å²) in [4.78, 5) is 24.3. The lowest BCUT2D eigenvalue weighted by Gasteiger charge is -2.08. The first-order valence-electron chi connectivity index (χ1n) is 9.61. The summed E-state index contributed by atoms with van der Waals surface area (Å²) in [6.45, 7) is 1.96. The molecule has 7 nitrogen and oxygen atoms in total. The summed E-state index contributed by atoms with van der Waals surface area (Å²) in [6.07, 6.45) is 3.03. The minimum atomic E-state index is -0.416. The summed E-state index contributed by atoms with van der Waals surface area (Å²) in [5.74, 6) is -0.388. The van der Waals surface area contributed by atoms with Crippen molar-refractivity contribution < 1.29 is 14.0 Å². The van der Waals surface area contributed by atoms with E-state index in [4.69, 9.17) is 11.6 Å². The van der Waals surface area contributed by atoms with Crippen molar-refractivity contribution in [1.82, 2.24) is 20.1 Å². The third-order valence-electron chi connectivity index (χ3n) is 4.47. The van der Waals surface area contributed by atoms with E-state index in [2.05, 4.69) is 20.8 Å². The van der Waals surface area contributed by atoms with Crippen molar-refractivity contribution in [2.75, 3.05) is 11.1 Å². The Balaban J connectivity index is 1.50. The van der Waals surface area contributed by atoms with Crippen LogP contribution in [0.5, 0.6) is 0 Å². The molecule has 0 saturated carbocycles. The lowest BCUT2D eigenvalue weighted by atomic mass is 10.2. The number of thioether (sulfide) groups is 1. The minimum absolute atomic E-state index is 0.0782. The number of carbonyl (C=O) groups is 2. The van der Waals surface area contributed by atoms with Crippen molar-refractivity contribution in [1.29, 1.82) is 0 Å². The molecule has 2 N–H and O–H groups in total. The molecule has 2 amide bonds. The van der Waals surface area contributed by atoms with Crippen LogP contribution in [-0.2, 0) is 23.2 Å². The molecule has 0 radical (unpaired) electrons. The Bertz CT molecular complexity index is 1160. The van der Waals surface area contributed by atoms with E-state index in [0.29, 0.717) is 21.7 Å². The number of halogens is 2. The predicted molar refractivity (Wildman–Crippen MR) is 124 cm³/mol. The molecule has 166 valence electrons. The molecule has 0 aliphatic rings.